The first-order chi connectivity index (χ1) is 12.1. The Labute approximate surface area is 151 Å². The molecular weight excluding hydrogens is 365 g/mol. The summed E-state index contributed by atoms with van der Waals surface area (Å²) in [6.07, 6.45) is 0. The lowest BCUT2D eigenvalue weighted by molar-refractivity contribution is 0.0599. The average molecular weight is 379 g/mol. The van der Waals surface area contributed by atoms with Crippen molar-refractivity contribution in [3.05, 3.63) is 53.2 Å². The predicted molar refractivity (Wildman–Crippen MR) is 93.9 cm³/mol. The third-order valence-electron chi connectivity index (χ3n) is 3.23. The third kappa shape index (κ3) is 4.18. The Bertz CT molecular complexity index is 894. The van der Waals surface area contributed by atoms with E-state index >= 15 is 0 Å². The lowest BCUT2D eigenvalue weighted by Crippen LogP contribution is -2.00. The molecule has 3 aromatic rings. The van der Waals surface area contributed by atoms with Gasteiger partial charge in [0.05, 0.1) is 18.6 Å². The topological polar surface area (TPSA) is 77.2 Å². The molecule has 0 amide bonds. The largest absolute Gasteiger partial charge is 0.465 e. The van der Waals surface area contributed by atoms with Crippen LogP contribution in [0.4, 0.5) is 15.2 Å². The standard InChI is InChI=1S/C16H14FN3O3S2/c1-9-11(14(21)22-2)7-10(23-9)8-24-16-20-19-15(25-16)18-13-6-4-3-5-12(13)17/h3-7H,8H2,1-2H3,(H,18,19). The quantitative estimate of drug-likeness (QED) is 0.502. The number of aryl methyl sites for hydroxylation is 1. The van der Waals surface area contributed by atoms with E-state index in [1.165, 1.54) is 36.3 Å². The number of benzene rings is 1. The Hall–Kier alpha value is -2.39. The van der Waals surface area contributed by atoms with Gasteiger partial charge in [-0.3, -0.25) is 0 Å². The molecule has 0 aliphatic rings. The number of rotatable bonds is 6. The summed E-state index contributed by atoms with van der Waals surface area (Å²) in [5.74, 6) is 0.869. The van der Waals surface area contributed by atoms with Crippen LogP contribution in [0.25, 0.3) is 0 Å². The Morgan fingerprint density at radius 3 is 2.96 bits per heavy atom. The van der Waals surface area contributed by atoms with Gasteiger partial charge < -0.3 is 14.5 Å². The van der Waals surface area contributed by atoms with Gasteiger partial charge in [0, 0.05) is 0 Å². The summed E-state index contributed by atoms with van der Waals surface area (Å²) >= 11 is 2.72. The van der Waals surface area contributed by atoms with E-state index in [1.807, 2.05) is 0 Å². The normalized spacial score (nSPS) is 10.7. The van der Waals surface area contributed by atoms with E-state index in [0.29, 0.717) is 38.0 Å². The van der Waals surface area contributed by atoms with E-state index in [4.69, 9.17) is 9.15 Å². The number of methoxy groups -OCH3 is 1. The van der Waals surface area contributed by atoms with Crippen molar-refractivity contribution in [2.24, 2.45) is 0 Å². The van der Waals surface area contributed by atoms with Gasteiger partial charge in [-0.1, -0.05) is 35.2 Å². The molecule has 2 aromatic heterocycles. The van der Waals surface area contributed by atoms with Gasteiger partial charge in [0.15, 0.2) is 4.34 Å². The minimum atomic E-state index is -0.426. The first-order valence-corrected chi connectivity index (χ1v) is 9.02. The highest BCUT2D eigenvalue weighted by Crippen LogP contribution is 2.31. The fraction of sp³-hybridized carbons (Fsp3) is 0.188. The van der Waals surface area contributed by atoms with Crippen molar-refractivity contribution in [1.29, 1.82) is 0 Å². The molecule has 1 aromatic carbocycles. The number of thioether (sulfide) groups is 1. The number of furan rings is 1. The molecule has 0 spiro atoms. The minimum absolute atomic E-state index is 0.347. The van der Waals surface area contributed by atoms with Gasteiger partial charge in [0.2, 0.25) is 5.13 Å². The number of carbonyl (C=O) groups excluding carboxylic acids is 1. The molecule has 1 N–H and O–H groups in total. The predicted octanol–water partition coefficient (Wildman–Crippen LogP) is 4.40. The van der Waals surface area contributed by atoms with Crippen LogP contribution in [0.5, 0.6) is 0 Å². The number of hydrogen-bond donors (Lipinski definition) is 1. The summed E-state index contributed by atoms with van der Waals surface area (Å²) < 4.78 is 24.6. The fourth-order valence-electron chi connectivity index (χ4n) is 2.06. The number of nitrogens with one attached hydrogen (secondary N) is 1. The lowest BCUT2D eigenvalue weighted by atomic mass is 10.2. The van der Waals surface area contributed by atoms with Crippen molar-refractivity contribution < 1.29 is 18.3 Å². The van der Waals surface area contributed by atoms with E-state index in [0.717, 1.165) is 0 Å². The fourth-order valence-corrected chi connectivity index (χ4v) is 3.70. The van der Waals surface area contributed by atoms with Crippen molar-refractivity contribution in [1.82, 2.24) is 10.2 Å². The van der Waals surface area contributed by atoms with Gasteiger partial charge in [-0.15, -0.1) is 10.2 Å². The highest BCUT2D eigenvalue weighted by molar-refractivity contribution is 8.00. The molecule has 0 aliphatic carbocycles. The number of aromatic nitrogens is 2. The van der Waals surface area contributed by atoms with Crippen molar-refractivity contribution in [2.75, 3.05) is 12.4 Å². The zero-order valence-corrected chi connectivity index (χ0v) is 15.0. The van der Waals surface area contributed by atoms with Gasteiger partial charge in [0.25, 0.3) is 0 Å². The number of halogens is 1. The SMILES string of the molecule is COC(=O)c1cc(CSc2nnc(Nc3ccccc3F)s2)oc1C. The van der Waals surface area contributed by atoms with Crippen LogP contribution in [-0.2, 0) is 10.5 Å². The van der Waals surface area contributed by atoms with E-state index < -0.39 is 5.97 Å². The molecule has 0 atom stereocenters. The molecule has 25 heavy (non-hydrogen) atoms. The molecule has 3 rings (SSSR count). The lowest BCUT2D eigenvalue weighted by Gasteiger charge is -2.01. The van der Waals surface area contributed by atoms with Crippen molar-refractivity contribution in [2.45, 2.75) is 17.0 Å². The number of ether oxygens (including phenoxy) is 1. The molecule has 0 bridgehead atoms. The molecule has 9 heteroatoms. The van der Waals surface area contributed by atoms with Gasteiger partial charge in [-0.2, -0.15) is 0 Å². The Morgan fingerprint density at radius 2 is 2.20 bits per heavy atom. The maximum absolute atomic E-state index is 13.6. The van der Waals surface area contributed by atoms with Crippen LogP contribution in [0, 0.1) is 12.7 Å². The summed E-state index contributed by atoms with van der Waals surface area (Å²) in [6.45, 7) is 1.71. The highest BCUT2D eigenvalue weighted by atomic mass is 32.2. The summed E-state index contributed by atoms with van der Waals surface area (Å²) in [5.41, 5.74) is 0.761. The van der Waals surface area contributed by atoms with E-state index in [9.17, 15) is 9.18 Å². The second-order valence-electron chi connectivity index (χ2n) is 4.94. The van der Waals surface area contributed by atoms with Crippen LogP contribution in [0.15, 0.2) is 39.1 Å². The molecule has 0 aliphatic heterocycles. The molecule has 0 saturated heterocycles. The number of nitrogens with zero attached hydrogens (tertiary/aromatic N) is 2. The molecule has 0 fully saturated rings. The number of para-hydroxylation sites is 1. The monoisotopic (exact) mass is 379 g/mol. The Morgan fingerprint density at radius 1 is 1.40 bits per heavy atom. The third-order valence-corrected chi connectivity index (χ3v) is 5.23. The number of hydrogen-bond acceptors (Lipinski definition) is 8. The summed E-state index contributed by atoms with van der Waals surface area (Å²) in [4.78, 5) is 11.6. The highest BCUT2D eigenvalue weighted by Gasteiger charge is 2.16. The van der Waals surface area contributed by atoms with Crippen LogP contribution in [-0.4, -0.2) is 23.3 Å². The molecular formula is C16H14FN3O3S2. The van der Waals surface area contributed by atoms with Crippen molar-refractivity contribution >= 4 is 39.9 Å². The zero-order chi connectivity index (χ0) is 17.8. The van der Waals surface area contributed by atoms with Crippen molar-refractivity contribution in [3.63, 3.8) is 0 Å². The maximum atomic E-state index is 13.6. The average Bonchev–Trinajstić information content (AvgIpc) is 3.21. The molecule has 6 nitrogen and oxygen atoms in total. The van der Waals surface area contributed by atoms with Crippen LogP contribution >= 0.6 is 23.1 Å². The van der Waals surface area contributed by atoms with E-state index in [2.05, 4.69) is 15.5 Å². The first kappa shape index (κ1) is 17.4. The minimum Gasteiger partial charge on any atom is -0.465 e. The second-order valence-corrected chi connectivity index (χ2v) is 7.14. The van der Waals surface area contributed by atoms with E-state index in [1.54, 1.807) is 31.2 Å². The maximum Gasteiger partial charge on any atom is 0.341 e. The summed E-state index contributed by atoms with van der Waals surface area (Å²) in [5, 5.41) is 11.4. The van der Waals surface area contributed by atoms with E-state index in [-0.39, 0.29) is 5.82 Å². The van der Waals surface area contributed by atoms with Crippen molar-refractivity contribution in [3.8, 4) is 0 Å². The van der Waals surface area contributed by atoms with Crippen LogP contribution in [0.3, 0.4) is 0 Å². The smallest absolute Gasteiger partial charge is 0.341 e. The van der Waals surface area contributed by atoms with Gasteiger partial charge >= 0.3 is 5.97 Å². The molecule has 0 radical (unpaired) electrons. The Balaban J connectivity index is 1.62. The second kappa shape index (κ2) is 7.66. The first-order valence-electron chi connectivity index (χ1n) is 7.22. The molecule has 130 valence electrons. The Kier molecular flexibility index (Phi) is 5.34. The number of anilines is 2. The molecule has 0 unspecified atom stereocenters. The van der Waals surface area contributed by atoms with Gasteiger partial charge in [-0.25, -0.2) is 9.18 Å². The van der Waals surface area contributed by atoms with Crippen LogP contribution in [0.2, 0.25) is 0 Å². The van der Waals surface area contributed by atoms with Gasteiger partial charge in [-0.05, 0) is 25.1 Å². The summed E-state index contributed by atoms with van der Waals surface area (Å²) in [7, 11) is 1.33. The zero-order valence-electron chi connectivity index (χ0n) is 13.4. The van der Waals surface area contributed by atoms with Crippen LogP contribution < -0.4 is 5.32 Å². The van der Waals surface area contributed by atoms with Gasteiger partial charge in [0.1, 0.15) is 22.9 Å². The molecule has 0 saturated carbocycles. The number of carbonyl (C=O) groups is 1. The molecule has 2 heterocycles. The van der Waals surface area contributed by atoms with Crippen LogP contribution in [0.1, 0.15) is 21.9 Å². The summed E-state index contributed by atoms with van der Waals surface area (Å²) in [6, 6.07) is 8.02. The number of esters is 1.